The van der Waals surface area contributed by atoms with E-state index >= 15 is 0 Å². The van der Waals surface area contributed by atoms with Gasteiger partial charge in [-0.1, -0.05) is 30.3 Å². The van der Waals surface area contributed by atoms with Gasteiger partial charge in [-0.15, -0.1) is 11.8 Å². The average Bonchev–Trinajstić information content (AvgIpc) is 2.78. The quantitative estimate of drug-likeness (QED) is 0.831. The molecule has 2 aliphatic rings. The molecule has 1 spiro atoms. The van der Waals surface area contributed by atoms with Crippen LogP contribution in [0.25, 0.3) is 0 Å². The number of thioether (sulfide) groups is 1. The minimum absolute atomic E-state index is 0.122. The number of hydrogen-bond acceptors (Lipinski definition) is 3. The molecule has 17 heavy (non-hydrogen) atoms. The number of ether oxygens (including phenoxy) is 1. The fraction of sp³-hybridized carbons (Fsp3) is 0.571. The van der Waals surface area contributed by atoms with Crippen LogP contribution in [0.2, 0.25) is 0 Å². The maximum absolute atomic E-state index is 10.9. The molecule has 2 fully saturated rings. The molecule has 1 heterocycles. The maximum atomic E-state index is 10.9. The van der Waals surface area contributed by atoms with Gasteiger partial charge in [0.2, 0.25) is 0 Å². The van der Waals surface area contributed by atoms with Crippen molar-refractivity contribution in [2.24, 2.45) is 0 Å². The Bertz CT molecular complexity index is 386. The summed E-state index contributed by atoms with van der Waals surface area (Å²) in [6.07, 6.45) is 3.70. The van der Waals surface area contributed by atoms with E-state index < -0.39 is 5.60 Å². The van der Waals surface area contributed by atoms with Crippen LogP contribution in [-0.2, 0) is 10.3 Å². The van der Waals surface area contributed by atoms with Gasteiger partial charge >= 0.3 is 0 Å². The Kier molecular flexibility index (Phi) is 2.93. The van der Waals surface area contributed by atoms with Crippen LogP contribution in [-0.4, -0.2) is 22.4 Å². The molecule has 1 aliphatic carbocycles. The number of benzene rings is 1. The fourth-order valence-corrected chi connectivity index (χ4v) is 4.35. The van der Waals surface area contributed by atoms with Gasteiger partial charge < -0.3 is 9.84 Å². The van der Waals surface area contributed by atoms with Crippen molar-refractivity contribution in [1.29, 1.82) is 0 Å². The molecule has 3 heteroatoms. The fourth-order valence-electron chi connectivity index (χ4n) is 3.01. The predicted octanol–water partition coefficient (Wildman–Crippen LogP) is 2.91. The monoisotopic (exact) mass is 250 g/mol. The van der Waals surface area contributed by atoms with Crippen LogP contribution in [0.3, 0.4) is 0 Å². The standard InChI is InChI=1S/C14H18O2S/c15-13(12-5-2-1-3-6-12)7-4-8-14(11-13)16-9-10-17-14/h1-3,5-6,15H,4,7-11H2/t13?,14-/m0/s1. The van der Waals surface area contributed by atoms with E-state index in [1.807, 2.05) is 42.1 Å². The molecule has 2 atom stereocenters. The van der Waals surface area contributed by atoms with E-state index in [1.165, 1.54) is 0 Å². The second-order valence-electron chi connectivity index (χ2n) is 5.04. The molecule has 0 aromatic heterocycles. The smallest absolute Gasteiger partial charge is 0.116 e. The first-order valence-corrected chi connectivity index (χ1v) is 7.27. The molecule has 92 valence electrons. The van der Waals surface area contributed by atoms with E-state index in [-0.39, 0.29) is 4.93 Å². The van der Waals surface area contributed by atoms with Crippen LogP contribution in [0, 0.1) is 0 Å². The first kappa shape index (κ1) is 11.6. The normalized spacial score (nSPS) is 37.5. The van der Waals surface area contributed by atoms with Crippen molar-refractivity contribution in [3.63, 3.8) is 0 Å². The van der Waals surface area contributed by atoms with Gasteiger partial charge in [-0.25, -0.2) is 0 Å². The molecule has 0 amide bonds. The Morgan fingerprint density at radius 3 is 2.71 bits per heavy atom. The Balaban J connectivity index is 1.87. The highest BCUT2D eigenvalue weighted by atomic mass is 32.2. The van der Waals surface area contributed by atoms with Crippen molar-refractivity contribution in [3.05, 3.63) is 35.9 Å². The minimum atomic E-state index is -0.698. The maximum Gasteiger partial charge on any atom is 0.116 e. The van der Waals surface area contributed by atoms with Crippen molar-refractivity contribution in [2.45, 2.75) is 36.2 Å². The van der Waals surface area contributed by atoms with Crippen LogP contribution < -0.4 is 0 Å². The molecule has 1 saturated carbocycles. The number of aliphatic hydroxyl groups is 1. The van der Waals surface area contributed by atoms with Gasteiger partial charge in [0.15, 0.2) is 0 Å². The first-order chi connectivity index (χ1) is 8.23. The summed E-state index contributed by atoms with van der Waals surface area (Å²) >= 11 is 1.88. The average molecular weight is 250 g/mol. The lowest BCUT2D eigenvalue weighted by Gasteiger charge is -2.42. The zero-order valence-electron chi connectivity index (χ0n) is 9.89. The number of rotatable bonds is 1. The van der Waals surface area contributed by atoms with E-state index in [0.29, 0.717) is 0 Å². The van der Waals surface area contributed by atoms with Gasteiger partial charge in [0, 0.05) is 12.2 Å². The molecular weight excluding hydrogens is 232 g/mol. The molecular formula is C14H18O2S. The third kappa shape index (κ3) is 2.12. The SMILES string of the molecule is OC1(c2ccccc2)CCC[C@]2(C1)OCCS2. The third-order valence-electron chi connectivity index (χ3n) is 3.83. The summed E-state index contributed by atoms with van der Waals surface area (Å²) in [7, 11) is 0. The topological polar surface area (TPSA) is 29.5 Å². The summed E-state index contributed by atoms with van der Waals surface area (Å²) in [4.78, 5) is -0.122. The van der Waals surface area contributed by atoms with Crippen LogP contribution in [0.4, 0.5) is 0 Å². The van der Waals surface area contributed by atoms with Gasteiger partial charge in [-0.3, -0.25) is 0 Å². The highest BCUT2D eigenvalue weighted by Gasteiger charge is 2.47. The second kappa shape index (κ2) is 4.30. The molecule has 3 rings (SSSR count). The summed E-state index contributed by atoms with van der Waals surface area (Å²) in [5.74, 6) is 1.06. The first-order valence-electron chi connectivity index (χ1n) is 6.28. The van der Waals surface area contributed by atoms with Crippen molar-refractivity contribution in [1.82, 2.24) is 0 Å². The Morgan fingerprint density at radius 2 is 2.00 bits per heavy atom. The molecule has 1 aliphatic heterocycles. The van der Waals surface area contributed by atoms with E-state index in [9.17, 15) is 5.11 Å². The molecule has 1 aromatic carbocycles. The molecule has 1 N–H and O–H groups in total. The molecule has 1 unspecified atom stereocenters. The van der Waals surface area contributed by atoms with Gasteiger partial charge in [0.05, 0.1) is 12.2 Å². The van der Waals surface area contributed by atoms with Gasteiger partial charge in [-0.05, 0) is 24.8 Å². The Hall–Kier alpha value is -0.510. The predicted molar refractivity (Wildman–Crippen MR) is 69.9 cm³/mol. The summed E-state index contributed by atoms with van der Waals surface area (Å²) in [5, 5.41) is 10.9. The Labute approximate surface area is 106 Å². The number of hydrogen-bond donors (Lipinski definition) is 1. The molecule has 0 bridgehead atoms. The van der Waals surface area contributed by atoms with Crippen molar-refractivity contribution < 1.29 is 9.84 Å². The van der Waals surface area contributed by atoms with Crippen molar-refractivity contribution in [2.75, 3.05) is 12.4 Å². The van der Waals surface area contributed by atoms with E-state index in [0.717, 1.165) is 43.6 Å². The van der Waals surface area contributed by atoms with Crippen LogP contribution >= 0.6 is 11.8 Å². The van der Waals surface area contributed by atoms with Crippen molar-refractivity contribution in [3.8, 4) is 0 Å². The molecule has 1 aromatic rings. The van der Waals surface area contributed by atoms with Crippen LogP contribution in [0.1, 0.15) is 31.2 Å². The second-order valence-corrected chi connectivity index (χ2v) is 6.48. The van der Waals surface area contributed by atoms with Crippen LogP contribution in [0.15, 0.2) is 30.3 Å². The van der Waals surface area contributed by atoms with Gasteiger partial charge in [0.1, 0.15) is 4.93 Å². The van der Waals surface area contributed by atoms with Gasteiger partial charge in [0.25, 0.3) is 0 Å². The van der Waals surface area contributed by atoms with Crippen molar-refractivity contribution >= 4 is 11.8 Å². The Morgan fingerprint density at radius 1 is 1.18 bits per heavy atom. The van der Waals surface area contributed by atoms with Gasteiger partial charge in [-0.2, -0.15) is 0 Å². The largest absolute Gasteiger partial charge is 0.385 e. The lowest BCUT2D eigenvalue weighted by atomic mass is 9.78. The highest BCUT2D eigenvalue weighted by Crippen LogP contribution is 2.51. The molecule has 0 radical (unpaired) electrons. The summed E-state index contributed by atoms with van der Waals surface area (Å²) < 4.78 is 5.90. The van der Waals surface area contributed by atoms with E-state index in [2.05, 4.69) is 0 Å². The molecule has 1 saturated heterocycles. The lowest BCUT2D eigenvalue weighted by Crippen LogP contribution is -2.41. The highest BCUT2D eigenvalue weighted by molar-refractivity contribution is 8.00. The molecule has 2 nitrogen and oxygen atoms in total. The lowest BCUT2D eigenvalue weighted by molar-refractivity contribution is -0.0829. The minimum Gasteiger partial charge on any atom is -0.385 e. The van der Waals surface area contributed by atoms with E-state index in [4.69, 9.17) is 4.74 Å². The zero-order chi connectivity index (χ0) is 11.8. The van der Waals surface area contributed by atoms with Crippen LogP contribution in [0.5, 0.6) is 0 Å². The third-order valence-corrected chi connectivity index (χ3v) is 5.20. The zero-order valence-corrected chi connectivity index (χ0v) is 10.7. The summed E-state index contributed by atoms with van der Waals surface area (Å²) in [6.45, 7) is 0.829. The summed E-state index contributed by atoms with van der Waals surface area (Å²) in [6, 6.07) is 10.0. The summed E-state index contributed by atoms with van der Waals surface area (Å²) in [5.41, 5.74) is 0.340. The van der Waals surface area contributed by atoms with E-state index in [1.54, 1.807) is 0 Å².